The molecule has 0 aliphatic rings. The van der Waals surface area contributed by atoms with Gasteiger partial charge in [0.25, 0.3) is 11.8 Å². The summed E-state index contributed by atoms with van der Waals surface area (Å²) in [5.74, 6) is -5.81. The van der Waals surface area contributed by atoms with Crippen LogP contribution in [-0.2, 0) is 0 Å². The van der Waals surface area contributed by atoms with Gasteiger partial charge in [-0.25, -0.2) is 13.2 Å². The van der Waals surface area contributed by atoms with Gasteiger partial charge in [0.2, 0.25) is 0 Å². The molecular weight excluding hydrogens is 333 g/mol. The molecule has 0 spiro atoms. The number of benzene rings is 2. The molecule has 2 aromatic carbocycles. The van der Waals surface area contributed by atoms with Crippen molar-refractivity contribution in [1.29, 1.82) is 0 Å². The predicted octanol–water partition coefficient (Wildman–Crippen LogP) is 2.88. The Balaban J connectivity index is 1.86. The lowest BCUT2D eigenvalue weighted by atomic mass is 10.1. The maximum atomic E-state index is 13.5. The third-order valence-corrected chi connectivity index (χ3v) is 3.75. The van der Waals surface area contributed by atoms with Crippen molar-refractivity contribution in [3.05, 3.63) is 70.0 Å². The molecule has 2 rings (SSSR count). The second-order valence-corrected chi connectivity index (χ2v) is 5.53. The van der Waals surface area contributed by atoms with E-state index in [4.69, 9.17) is 0 Å². The molecule has 0 saturated carbocycles. The van der Waals surface area contributed by atoms with Crippen LogP contribution in [0.3, 0.4) is 0 Å². The zero-order valence-electron chi connectivity index (χ0n) is 13.8. The van der Waals surface area contributed by atoms with Crippen molar-refractivity contribution in [2.45, 2.75) is 13.8 Å². The molecule has 7 heteroatoms. The van der Waals surface area contributed by atoms with Crippen LogP contribution >= 0.6 is 0 Å². The Hall–Kier alpha value is -2.83. The number of aryl methyl sites for hydroxylation is 2. The summed E-state index contributed by atoms with van der Waals surface area (Å²) in [7, 11) is 0. The van der Waals surface area contributed by atoms with Gasteiger partial charge in [0.1, 0.15) is 0 Å². The van der Waals surface area contributed by atoms with E-state index in [-0.39, 0.29) is 19.0 Å². The largest absolute Gasteiger partial charge is 0.350 e. The third kappa shape index (κ3) is 4.37. The monoisotopic (exact) mass is 350 g/mol. The maximum absolute atomic E-state index is 13.5. The molecule has 0 radical (unpaired) electrons. The first-order chi connectivity index (χ1) is 11.8. The molecule has 0 aliphatic heterocycles. The minimum atomic E-state index is -1.70. The van der Waals surface area contributed by atoms with E-state index in [0.29, 0.717) is 11.6 Å². The average molecular weight is 350 g/mol. The van der Waals surface area contributed by atoms with Crippen molar-refractivity contribution in [3.8, 4) is 0 Å². The number of halogens is 3. The number of carbonyl (C=O) groups excluding carboxylic acids is 2. The molecule has 0 atom stereocenters. The van der Waals surface area contributed by atoms with Crippen LogP contribution in [0.1, 0.15) is 31.8 Å². The van der Waals surface area contributed by atoms with Crippen LogP contribution in [0.15, 0.2) is 30.3 Å². The summed E-state index contributed by atoms with van der Waals surface area (Å²) < 4.78 is 39.4. The molecule has 0 unspecified atom stereocenters. The molecule has 25 heavy (non-hydrogen) atoms. The smallest absolute Gasteiger partial charge is 0.254 e. The number of hydrogen-bond acceptors (Lipinski definition) is 2. The SMILES string of the molecule is Cc1ccc(C(=O)NCCNC(=O)c2ccc(F)c(F)c2F)cc1C. The van der Waals surface area contributed by atoms with Crippen LogP contribution in [0.2, 0.25) is 0 Å². The highest BCUT2D eigenvalue weighted by molar-refractivity contribution is 5.95. The van der Waals surface area contributed by atoms with E-state index in [9.17, 15) is 22.8 Å². The average Bonchev–Trinajstić information content (AvgIpc) is 2.58. The third-order valence-electron chi connectivity index (χ3n) is 3.75. The Morgan fingerprint density at radius 3 is 2.12 bits per heavy atom. The summed E-state index contributed by atoms with van der Waals surface area (Å²) >= 11 is 0. The first kappa shape index (κ1) is 18.5. The van der Waals surface area contributed by atoms with E-state index in [2.05, 4.69) is 10.6 Å². The highest BCUT2D eigenvalue weighted by atomic mass is 19.2. The van der Waals surface area contributed by atoms with Crippen molar-refractivity contribution >= 4 is 11.8 Å². The summed E-state index contributed by atoms with van der Waals surface area (Å²) in [6.45, 7) is 3.93. The Bertz CT molecular complexity index is 822. The van der Waals surface area contributed by atoms with Gasteiger partial charge in [-0.05, 0) is 49.2 Å². The Labute approximate surface area is 143 Å². The van der Waals surface area contributed by atoms with E-state index in [0.717, 1.165) is 17.2 Å². The standard InChI is InChI=1S/C18H17F3N2O2/c1-10-3-4-12(9-11(10)2)17(24)22-7-8-23-18(25)13-5-6-14(19)16(21)15(13)20/h3-6,9H,7-8H2,1-2H3,(H,22,24)(H,23,25). The molecule has 2 N–H and O–H groups in total. The van der Waals surface area contributed by atoms with Gasteiger partial charge >= 0.3 is 0 Å². The number of hydrogen-bond donors (Lipinski definition) is 2. The summed E-state index contributed by atoms with van der Waals surface area (Å²) in [6.07, 6.45) is 0. The van der Waals surface area contributed by atoms with Crippen molar-refractivity contribution in [1.82, 2.24) is 10.6 Å². The minimum Gasteiger partial charge on any atom is -0.350 e. The fourth-order valence-corrected chi connectivity index (χ4v) is 2.13. The lowest BCUT2D eigenvalue weighted by molar-refractivity contribution is 0.0924. The number of carbonyl (C=O) groups is 2. The lowest BCUT2D eigenvalue weighted by Gasteiger charge is -2.09. The van der Waals surface area contributed by atoms with Gasteiger partial charge < -0.3 is 10.6 Å². The molecular formula is C18H17F3N2O2. The molecule has 0 bridgehead atoms. The maximum Gasteiger partial charge on any atom is 0.254 e. The number of nitrogens with one attached hydrogen (secondary N) is 2. The Kier molecular flexibility index (Phi) is 5.80. The van der Waals surface area contributed by atoms with Crippen LogP contribution < -0.4 is 10.6 Å². The minimum absolute atomic E-state index is 0.00779. The molecule has 2 aromatic rings. The van der Waals surface area contributed by atoms with Crippen molar-refractivity contribution in [3.63, 3.8) is 0 Å². The van der Waals surface area contributed by atoms with E-state index in [1.807, 2.05) is 19.9 Å². The van der Waals surface area contributed by atoms with E-state index in [1.54, 1.807) is 12.1 Å². The van der Waals surface area contributed by atoms with Crippen LogP contribution in [0.25, 0.3) is 0 Å². The Morgan fingerprint density at radius 1 is 0.840 bits per heavy atom. The summed E-state index contributed by atoms with van der Waals surface area (Å²) in [5, 5.41) is 4.94. The van der Waals surface area contributed by atoms with Crippen molar-refractivity contribution in [2.24, 2.45) is 0 Å². The molecule has 0 heterocycles. The first-order valence-electron chi connectivity index (χ1n) is 7.58. The number of amides is 2. The summed E-state index contributed by atoms with van der Waals surface area (Å²) in [4.78, 5) is 23.8. The van der Waals surface area contributed by atoms with E-state index >= 15 is 0 Å². The second-order valence-electron chi connectivity index (χ2n) is 5.53. The van der Waals surface area contributed by atoms with Gasteiger partial charge in [0, 0.05) is 18.7 Å². The molecule has 0 fully saturated rings. The molecule has 0 aliphatic carbocycles. The van der Waals surface area contributed by atoms with Crippen LogP contribution in [0.5, 0.6) is 0 Å². The van der Waals surface area contributed by atoms with Crippen molar-refractivity contribution < 1.29 is 22.8 Å². The van der Waals surface area contributed by atoms with Crippen LogP contribution in [-0.4, -0.2) is 24.9 Å². The molecule has 0 saturated heterocycles. The van der Waals surface area contributed by atoms with Gasteiger partial charge in [-0.15, -0.1) is 0 Å². The van der Waals surface area contributed by atoms with Crippen LogP contribution in [0.4, 0.5) is 13.2 Å². The highest BCUT2D eigenvalue weighted by Gasteiger charge is 2.18. The van der Waals surface area contributed by atoms with Gasteiger partial charge in [0.15, 0.2) is 17.5 Å². The van der Waals surface area contributed by atoms with Crippen LogP contribution in [0, 0.1) is 31.3 Å². The fourth-order valence-electron chi connectivity index (χ4n) is 2.13. The second kappa shape index (κ2) is 7.83. The van der Waals surface area contributed by atoms with E-state index in [1.165, 1.54) is 0 Å². The topological polar surface area (TPSA) is 58.2 Å². The normalized spacial score (nSPS) is 10.4. The fraction of sp³-hybridized carbons (Fsp3) is 0.222. The summed E-state index contributed by atoms with van der Waals surface area (Å²) in [6, 6.07) is 6.80. The molecule has 2 amide bonds. The van der Waals surface area contributed by atoms with Crippen molar-refractivity contribution in [2.75, 3.05) is 13.1 Å². The zero-order valence-corrected chi connectivity index (χ0v) is 13.8. The zero-order chi connectivity index (χ0) is 18.6. The molecule has 0 aromatic heterocycles. The molecule has 132 valence electrons. The number of rotatable bonds is 5. The Morgan fingerprint density at radius 2 is 1.48 bits per heavy atom. The van der Waals surface area contributed by atoms with Gasteiger partial charge in [-0.2, -0.15) is 0 Å². The first-order valence-corrected chi connectivity index (χ1v) is 7.58. The quantitative estimate of drug-likeness (QED) is 0.644. The predicted molar refractivity (Wildman–Crippen MR) is 86.9 cm³/mol. The van der Waals surface area contributed by atoms with Gasteiger partial charge in [-0.3, -0.25) is 9.59 Å². The van der Waals surface area contributed by atoms with E-state index < -0.39 is 28.9 Å². The summed E-state index contributed by atoms with van der Waals surface area (Å²) in [5.41, 5.74) is 1.94. The lowest BCUT2D eigenvalue weighted by Crippen LogP contribution is -2.35. The van der Waals surface area contributed by atoms with Gasteiger partial charge in [0.05, 0.1) is 5.56 Å². The molecule has 4 nitrogen and oxygen atoms in total. The highest BCUT2D eigenvalue weighted by Crippen LogP contribution is 2.15. The van der Waals surface area contributed by atoms with Gasteiger partial charge in [-0.1, -0.05) is 6.07 Å².